The Hall–Kier alpha value is -0.200. The molecule has 0 saturated heterocycles. The van der Waals surface area contributed by atoms with E-state index in [4.69, 9.17) is 12.2 Å². The molecule has 1 aromatic rings. The molecule has 0 saturated carbocycles. The Morgan fingerprint density at radius 2 is 2.00 bits per heavy atom. The Bertz CT molecular complexity index is 402. The third-order valence-electron chi connectivity index (χ3n) is 1.53. The van der Waals surface area contributed by atoms with Gasteiger partial charge in [0.2, 0.25) is 0 Å². The van der Waals surface area contributed by atoms with Crippen molar-refractivity contribution in [2.75, 3.05) is 5.32 Å². The van der Waals surface area contributed by atoms with Crippen LogP contribution in [0.1, 0.15) is 20.8 Å². The summed E-state index contributed by atoms with van der Waals surface area (Å²) in [4.78, 5) is 4.22. The van der Waals surface area contributed by atoms with E-state index in [0.717, 1.165) is 8.95 Å². The van der Waals surface area contributed by atoms with Gasteiger partial charge in [0.15, 0.2) is 5.11 Å². The van der Waals surface area contributed by atoms with E-state index in [2.05, 4.69) is 47.5 Å². The first-order chi connectivity index (χ1) is 7.28. The van der Waals surface area contributed by atoms with Gasteiger partial charge in [0, 0.05) is 16.2 Å². The standard InChI is InChI=1S/C10H13Br2N3S/c1-10(2,3)15-9(16)14-8-7(12)4-6(11)5-13-8/h4-5H,1-3H3,(H2,13,14,15,16). The van der Waals surface area contributed by atoms with Crippen LogP contribution in [0.4, 0.5) is 5.82 Å². The molecule has 0 spiro atoms. The summed E-state index contributed by atoms with van der Waals surface area (Å²) in [5.41, 5.74) is -0.0636. The van der Waals surface area contributed by atoms with E-state index in [0.29, 0.717) is 10.9 Å². The van der Waals surface area contributed by atoms with Crippen molar-refractivity contribution < 1.29 is 0 Å². The topological polar surface area (TPSA) is 37.0 Å². The summed E-state index contributed by atoms with van der Waals surface area (Å²) in [6.45, 7) is 6.14. The minimum Gasteiger partial charge on any atom is -0.358 e. The van der Waals surface area contributed by atoms with Crippen LogP contribution in [0.5, 0.6) is 0 Å². The van der Waals surface area contributed by atoms with Crippen LogP contribution in [0.25, 0.3) is 0 Å². The van der Waals surface area contributed by atoms with Gasteiger partial charge in [-0.05, 0) is 70.9 Å². The van der Waals surface area contributed by atoms with E-state index in [9.17, 15) is 0 Å². The zero-order valence-electron chi connectivity index (χ0n) is 9.27. The Kier molecular flexibility index (Phi) is 4.70. The van der Waals surface area contributed by atoms with E-state index in [1.807, 2.05) is 26.8 Å². The Morgan fingerprint density at radius 1 is 1.38 bits per heavy atom. The molecule has 0 amide bonds. The zero-order chi connectivity index (χ0) is 12.3. The van der Waals surface area contributed by atoms with Gasteiger partial charge in [-0.25, -0.2) is 4.98 Å². The fourth-order valence-electron chi connectivity index (χ4n) is 0.986. The number of pyridine rings is 1. The molecule has 0 fully saturated rings. The Balaban J connectivity index is 2.70. The molecule has 3 nitrogen and oxygen atoms in total. The second-order valence-corrected chi connectivity index (χ2v) is 6.49. The fourth-order valence-corrected chi connectivity index (χ4v) is 2.48. The molecule has 1 aromatic heterocycles. The highest BCUT2D eigenvalue weighted by molar-refractivity contribution is 9.11. The Morgan fingerprint density at radius 3 is 2.50 bits per heavy atom. The summed E-state index contributed by atoms with van der Waals surface area (Å²) in [6, 6.07) is 1.91. The first-order valence-corrected chi connectivity index (χ1v) is 6.67. The van der Waals surface area contributed by atoms with Crippen molar-refractivity contribution in [3.05, 3.63) is 21.2 Å². The van der Waals surface area contributed by atoms with Crippen LogP contribution in [-0.4, -0.2) is 15.6 Å². The number of hydrogen-bond donors (Lipinski definition) is 2. The highest BCUT2D eigenvalue weighted by atomic mass is 79.9. The van der Waals surface area contributed by atoms with Crippen molar-refractivity contribution in [1.29, 1.82) is 0 Å². The van der Waals surface area contributed by atoms with Crippen LogP contribution < -0.4 is 10.6 Å². The number of hydrogen-bond acceptors (Lipinski definition) is 2. The van der Waals surface area contributed by atoms with Crippen molar-refractivity contribution in [3.8, 4) is 0 Å². The second kappa shape index (κ2) is 5.42. The number of thiocarbonyl (C=S) groups is 1. The van der Waals surface area contributed by atoms with E-state index in [1.54, 1.807) is 6.20 Å². The summed E-state index contributed by atoms with van der Waals surface area (Å²) in [5, 5.41) is 6.75. The molecule has 0 atom stereocenters. The van der Waals surface area contributed by atoms with Crippen molar-refractivity contribution in [3.63, 3.8) is 0 Å². The molecule has 0 unspecified atom stereocenters. The molecule has 16 heavy (non-hydrogen) atoms. The lowest BCUT2D eigenvalue weighted by Gasteiger charge is -2.23. The fraction of sp³-hybridized carbons (Fsp3) is 0.400. The van der Waals surface area contributed by atoms with Crippen LogP contribution in [0.2, 0.25) is 0 Å². The number of nitrogens with one attached hydrogen (secondary N) is 2. The first-order valence-electron chi connectivity index (χ1n) is 4.68. The average Bonchev–Trinajstić information content (AvgIpc) is 2.06. The molecule has 2 N–H and O–H groups in total. The minimum absolute atomic E-state index is 0.0636. The van der Waals surface area contributed by atoms with E-state index >= 15 is 0 Å². The van der Waals surface area contributed by atoms with Gasteiger partial charge < -0.3 is 10.6 Å². The van der Waals surface area contributed by atoms with Crippen molar-refractivity contribution in [1.82, 2.24) is 10.3 Å². The van der Waals surface area contributed by atoms with Crippen LogP contribution >= 0.6 is 44.1 Å². The maximum absolute atomic E-state index is 5.18. The van der Waals surface area contributed by atoms with Crippen LogP contribution in [-0.2, 0) is 0 Å². The number of anilines is 1. The molecular weight excluding hydrogens is 354 g/mol. The lowest BCUT2D eigenvalue weighted by Crippen LogP contribution is -2.43. The molecule has 1 rings (SSSR count). The van der Waals surface area contributed by atoms with E-state index < -0.39 is 0 Å². The smallest absolute Gasteiger partial charge is 0.172 e. The lowest BCUT2D eigenvalue weighted by atomic mass is 10.1. The lowest BCUT2D eigenvalue weighted by molar-refractivity contribution is 0.515. The Labute approximate surface area is 118 Å². The molecule has 0 aliphatic rings. The minimum atomic E-state index is -0.0636. The predicted molar refractivity (Wildman–Crippen MR) is 78.7 cm³/mol. The zero-order valence-corrected chi connectivity index (χ0v) is 13.3. The van der Waals surface area contributed by atoms with Crippen LogP contribution in [0.3, 0.4) is 0 Å². The number of rotatable bonds is 1. The second-order valence-electron chi connectivity index (χ2n) is 4.31. The first kappa shape index (κ1) is 13.9. The summed E-state index contributed by atoms with van der Waals surface area (Å²) < 4.78 is 1.78. The molecule has 0 aliphatic carbocycles. The van der Waals surface area contributed by atoms with Gasteiger partial charge in [-0.15, -0.1) is 0 Å². The van der Waals surface area contributed by atoms with Gasteiger partial charge >= 0.3 is 0 Å². The number of halogens is 2. The third-order valence-corrected chi connectivity index (χ3v) is 2.77. The SMILES string of the molecule is CC(C)(C)NC(=S)Nc1ncc(Br)cc1Br. The summed E-state index contributed by atoms with van der Waals surface area (Å²) in [5.74, 6) is 0.699. The average molecular weight is 367 g/mol. The molecule has 1 heterocycles. The molecule has 0 aliphatic heterocycles. The highest BCUT2D eigenvalue weighted by Gasteiger charge is 2.12. The molecular formula is C10H13Br2N3S. The highest BCUT2D eigenvalue weighted by Crippen LogP contribution is 2.23. The predicted octanol–water partition coefficient (Wildman–Crippen LogP) is 3.69. The van der Waals surface area contributed by atoms with Gasteiger partial charge in [-0.1, -0.05) is 0 Å². The van der Waals surface area contributed by atoms with Gasteiger partial charge in [-0.2, -0.15) is 0 Å². The van der Waals surface area contributed by atoms with Gasteiger partial charge in [0.05, 0.1) is 4.47 Å². The van der Waals surface area contributed by atoms with Crippen molar-refractivity contribution in [2.24, 2.45) is 0 Å². The quantitative estimate of drug-likeness (QED) is 0.743. The van der Waals surface area contributed by atoms with Crippen molar-refractivity contribution >= 4 is 55.0 Å². The molecule has 0 bridgehead atoms. The van der Waals surface area contributed by atoms with E-state index in [1.165, 1.54) is 0 Å². The maximum atomic E-state index is 5.18. The monoisotopic (exact) mass is 365 g/mol. The van der Waals surface area contributed by atoms with Gasteiger partial charge in [0.25, 0.3) is 0 Å². The van der Waals surface area contributed by atoms with E-state index in [-0.39, 0.29) is 5.54 Å². The summed E-state index contributed by atoms with van der Waals surface area (Å²) >= 11 is 11.9. The van der Waals surface area contributed by atoms with Gasteiger partial charge in [-0.3, -0.25) is 0 Å². The molecule has 0 aromatic carbocycles. The van der Waals surface area contributed by atoms with Crippen molar-refractivity contribution in [2.45, 2.75) is 26.3 Å². The van der Waals surface area contributed by atoms with Crippen LogP contribution in [0, 0.1) is 0 Å². The third kappa shape index (κ3) is 4.76. The summed E-state index contributed by atoms with van der Waals surface area (Å²) in [6.07, 6.45) is 1.72. The largest absolute Gasteiger partial charge is 0.358 e. The van der Waals surface area contributed by atoms with Gasteiger partial charge in [0.1, 0.15) is 5.82 Å². The summed E-state index contributed by atoms with van der Waals surface area (Å²) in [7, 11) is 0. The normalized spacial score (nSPS) is 11.1. The number of nitrogens with zero attached hydrogens (tertiary/aromatic N) is 1. The molecule has 6 heteroatoms. The molecule has 0 radical (unpaired) electrons. The molecule has 88 valence electrons. The number of aromatic nitrogens is 1. The maximum Gasteiger partial charge on any atom is 0.172 e. The van der Waals surface area contributed by atoms with Crippen LogP contribution in [0.15, 0.2) is 21.2 Å².